The Morgan fingerprint density at radius 1 is 1.08 bits per heavy atom. The van der Waals surface area contributed by atoms with Gasteiger partial charge in [-0.25, -0.2) is 0 Å². The summed E-state index contributed by atoms with van der Waals surface area (Å²) >= 11 is 6.19. The summed E-state index contributed by atoms with van der Waals surface area (Å²) in [7, 11) is 0. The smallest absolute Gasteiger partial charge is 0.324 e. The fourth-order valence-electron chi connectivity index (χ4n) is 3.71. The van der Waals surface area contributed by atoms with Crippen molar-refractivity contribution in [1.29, 1.82) is 0 Å². The third-order valence-corrected chi connectivity index (χ3v) is 6.07. The van der Waals surface area contributed by atoms with E-state index in [1.165, 1.54) is 44.1 Å². The van der Waals surface area contributed by atoms with E-state index in [0.29, 0.717) is 18.8 Å². The van der Waals surface area contributed by atoms with Crippen LogP contribution in [-0.4, -0.2) is 22.6 Å². The zero-order chi connectivity index (χ0) is 18.8. The average Bonchev–Trinajstić information content (AvgIpc) is 2.65. The summed E-state index contributed by atoms with van der Waals surface area (Å²) in [4.78, 5) is 10.2. The van der Waals surface area contributed by atoms with Crippen LogP contribution in [0.25, 0.3) is 0 Å². The van der Waals surface area contributed by atoms with Gasteiger partial charge >= 0.3 is 5.97 Å². The minimum atomic E-state index is -1.06. The first-order valence-electron chi connectivity index (χ1n) is 10.2. The molecule has 1 aromatic rings. The van der Waals surface area contributed by atoms with Crippen LogP contribution < -0.4 is 4.74 Å². The first-order chi connectivity index (χ1) is 12.5. The van der Waals surface area contributed by atoms with E-state index in [4.69, 9.17) is 16.3 Å². The molecule has 1 fully saturated rings. The van der Waals surface area contributed by atoms with Crippen LogP contribution >= 0.6 is 11.6 Å². The predicted octanol–water partition coefficient (Wildman–Crippen LogP) is 6.54. The van der Waals surface area contributed by atoms with Gasteiger partial charge in [0.15, 0.2) is 0 Å². The molecule has 4 heteroatoms. The molecule has 0 bridgehead atoms. The summed E-state index contributed by atoms with van der Waals surface area (Å²) in [6.07, 6.45) is 11.7. The zero-order valence-electron chi connectivity index (χ0n) is 16.0. The number of halogens is 1. The lowest BCUT2D eigenvalue weighted by molar-refractivity contribution is -0.141. The van der Waals surface area contributed by atoms with Crippen molar-refractivity contribution in [2.75, 3.05) is 6.61 Å². The molecule has 0 radical (unpaired) electrons. The Morgan fingerprint density at radius 3 is 2.23 bits per heavy atom. The maximum Gasteiger partial charge on any atom is 0.324 e. The van der Waals surface area contributed by atoms with Gasteiger partial charge in [0, 0.05) is 0 Å². The van der Waals surface area contributed by atoms with Crippen molar-refractivity contribution in [3.8, 4) is 5.75 Å². The molecule has 0 unspecified atom stereocenters. The van der Waals surface area contributed by atoms with E-state index in [-0.39, 0.29) is 0 Å². The molecule has 1 N–H and O–H groups in total. The van der Waals surface area contributed by atoms with Gasteiger partial charge in [-0.1, -0.05) is 57.6 Å². The molecular weight excluding hydrogens is 348 g/mol. The van der Waals surface area contributed by atoms with Crippen LogP contribution in [-0.2, 0) is 4.79 Å². The number of benzene rings is 1. The van der Waals surface area contributed by atoms with E-state index in [9.17, 15) is 9.90 Å². The SMILES string of the molecule is CCCCCCCCCOc1ccc(C2CCC(Cl)(C(=O)O)CC2)cc1. The van der Waals surface area contributed by atoms with Gasteiger partial charge in [0.1, 0.15) is 10.6 Å². The first-order valence-corrected chi connectivity index (χ1v) is 10.6. The van der Waals surface area contributed by atoms with Crippen LogP contribution in [0.3, 0.4) is 0 Å². The van der Waals surface area contributed by atoms with Gasteiger partial charge in [0.05, 0.1) is 6.61 Å². The van der Waals surface area contributed by atoms with Crippen molar-refractivity contribution in [3.05, 3.63) is 29.8 Å². The second-order valence-corrected chi connectivity index (χ2v) is 8.31. The number of carboxylic acid groups (broad SMARTS) is 1. The molecule has 26 heavy (non-hydrogen) atoms. The summed E-state index contributed by atoms with van der Waals surface area (Å²) < 4.78 is 5.84. The highest BCUT2D eigenvalue weighted by molar-refractivity contribution is 6.33. The Morgan fingerprint density at radius 2 is 1.65 bits per heavy atom. The molecule has 1 aromatic carbocycles. The van der Waals surface area contributed by atoms with Gasteiger partial charge in [0.2, 0.25) is 0 Å². The second kappa shape index (κ2) is 10.8. The largest absolute Gasteiger partial charge is 0.494 e. The first kappa shape index (κ1) is 21.1. The van der Waals surface area contributed by atoms with E-state index in [1.807, 2.05) is 12.1 Å². The van der Waals surface area contributed by atoms with Crippen LogP contribution in [0.2, 0.25) is 0 Å². The van der Waals surface area contributed by atoms with E-state index in [2.05, 4.69) is 19.1 Å². The highest BCUT2D eigenvalue weighted by Crippen LogP contribution is 2.41. The lowest BCUT2D eigenvalue weighted by atomic mass is 9.78. The summed E-state index contributed by atoms with van der Waals surface area (Å²) in [6, 6.07) is 8.31. The molecule has 0 aromatic heterocycles. The van der Waals surface area contributed by atoms with Gasteiger partial charge < -0.3 is 9.84 Å². The van der Waals surface area contributed by atoms with Crippen LogP contribution in [0.15, 0.2) is 24.3 Å². The number of alkyl halides is 1. The molecule has 146 valence electrons. The highest BCUT2D eigenvalue weighted by Gasteiger charge is 2.40. The van der Waals surface area contributed by atoms with Gasteiger partial charge in [-0.3, -0.25) is 4.79 Å². The van der Waals surface area contributed by atoms with Crippen molar-refractivity contribution >= 4 is 17.6 Å². The van der Waals surface area contributed by atoms with Crippen LogP contribution in [0.5, 0.6) is 5.75 Å². The molecule has 2 rings (SSSR count). The highest BCUT2D eigenvalue weighted by atomic mass is 35.5. The molecule has 3 nitrogen and oxygen atoms in total. The quantitative estimate of drug-likeness (QED) is 0.350. The number of carbonyl (C=O) groups is 1. The minimum absolute atomic E-state index is 0.401. The van der Waals surface area contributed by atoms with Crippen LogP contribution in [0.4, 0.5) is 0 Å². The summed E-state index contributed by atoms with van der Waals surface area (Å²) in [5.41, 5.74) is 1.26. The monoisotopic (exact) mass is 380 g/mol. The van der Waals surface area contributed by atoms with Gasteiger partial charge in [-0.05, 0) is 55.7 Å². The third kappa shape index (κ3) is 6.50. The number of rotatable bonds is 11. The lowest BCUT2D eigenvalue weighted by Gasteiger charge is -2.32. The van der Waals surface area contributed by atoms with E-state index in [0.717, 1.165) is 31.6 Å². The number of hydrogen-bond acceptors (Lipinski definition) is 2. The standard InChI is InChI=1S/C22H33ClO3/c1-2-3-4-5-6-7-8-17-26-20-11-9-18(10-12-20)19-13-15-22(23,16-14-19)21(24)25/h9-12,19H,2-8,13-17H2,1H3,(H,24,25). The molecule has 0 aliphatic heterocycles. The molecule has 0 amide bonds. The number of carboxylic acids is 1. The van der Waals surface area contributed by atoms with Crippen molar-refractivity contribution in [1.82, 2.24) is 0 Å². The molecule has 1 aliphatic carbocycles. The topological polar surface area (TPSA) is 46.5 Å². The third-order valence-electron chi connectivity index (χ3n) is 5.53. The number of hydrogen-bond donors (Lipinski definition) is 1. The van der Waals surface area contributed by atoms with Gasteiger partial charge in [-0.2, -0.15) is 0 Å². The Labute approximate surface area is 163 Å². The van der Waals surface area contributed by atoms with Crippen molar-refractivity contribution in [3.63, 3.8) is 0 Å². The summed E-state index contributed by atoms with van der Waals surface area (Å²) in [5.74, 6) is 0.442. The lowest BCUT2D eigenvalue weighted by Crippen LogP contribution is -2.36. The Balaban J connectivity index is 1.66. The van der Waals surface area contributed by atoms with Crippen LogP contribution in [0.1, 0.15) is 89.0 Å². The molecule has 1 aliphatic rings. The van der Waals surface area contributed by atoms with Gasteiger partial charge in [-0.15, -0.1) is 11.6 Å². The van der Waals surface area contributed by atoms with Crippen molar-refractivity contribution in [2.24, 2.45) is 0 Å². The molecular formula is C22H33ClO3. The van der Waals surface area contributed by atoms with Crippen molar-refractivity contribution < 1.29 is 14.6 Å². The molecule has 1 saturated carbocycles. The van der Waals surface area contributed by atoms with Crippen LogP contribution in [0, 0.1) is 0 Å². The molecule has 0 atom stereocenters. The number of unbranched alkanes of at least 4 members (excludes halogenated alkanes) is 6. The molecule has 0 saturated heterocycles. The summed E-state index contributed by atoms with van der Waals surface area (Å²) in [5, 5.41) is 9.22. The second-order valence-electron chi connectivity index (χ2n) is 7.58. The Kier molecular flexibility index (Phi) is 8.77. The maximum absolute atomic E-state index is 11.2. The fraction of sp³-hybridized carbons (Fsp3) is 0.682. The Bertz CT molecular complexity index is 533. The number of aliphatic carboxylic acids is 1. The zero-order valence-corrected chi connectivity index (χ0v) is 16.8. The van der Waals surface area contributed by atoms with E-state index >= 15 is 0 Å². The average molecular weight is 381 g/mol. The van der Waals surface area contributed by atoms with Crippen molar-refractivity contribution in [2.45, 2.75) is 88.3 Å². The van der Waals surface area contributed by atoms with Gasteiger partial charge in [0.25, 0.3) is 0 Å². The summed E-state index contributed by atoms with van der Waals surface area (Å²) in [6.45, 7) is 3.03. The molecule has 0 spiro atoms. The predicted molar refractivity (Wildman–Crippen MR) is 107 cm³/mol. The number of ether oxygens (including phenoxy) is 1. The normalized spacial score (nSPS) is 22.9. The van der Waals surface area contributed by atoms with E-state index < -0.39 is 10.8 Å². The molecule has 0 heterocycles. The Hall–Kier alpha value is -1.22. The maximum atomic E-state index is 11.2. The minimum Gasteiger partial charge on any atom is -0.494 e. The fourth-order valence-corrected chi connectivity index (χ4v) is 3.93. The van der Waals surface area contributed by atoms with E-state index in [1.54, 1.807) is 0 Å².